The van der Waals surface area contributed by atoms with Gasteiger partial charge in [-0.05, 0) is 74.7 Å². The maximum Gasteiger partial charge on any atom is 0.315 e. The third-order valence-corrected chi connectivity index (χ3v) is 13.7. The molecule has 314 valence electrons. The molecule has 58 heavy (non-hydrogen) atoms. The highest BCUT2D eigenvalue weighted by atomic mass is 32.2. The molecule has 5 heterocycles. The second-order valence-corrected chi connectivity index (χ2v) is 16.8. The maximum atomic E-state index is 12.6. The number of ether oxygens (including phenoxy) is 4. The molecule has 8 rings (SSSR count). The molecule has 5 aliphatic rings. The molecule has 1 aromatic heterocycles. The van der Waals surface area contributed by atoms with E-state index in [0.717, 1.165) is 84.7 Å². The van der Waals surface area contributed by atoms with Gasteiger partial charge < -0.3 is 28.8 Å². The van der Waals surface area contributed by atoms with Gasteiger partial charge in [-0.15, -0.1) is 11.8 Å². The molecule has 1 spiro atoms. The van der Waals surface area contributed by atoms with Gasteiger partial charge in [0.05, 0.1) is 33.0 Å². The summed E-state index contributed by atoms with van der Waals surface area (Å²) in [6.07, 6.45) is 11.4. The molecule has 4 aliphatic heterocycles. The molecular formula is C46H62N4O7S. The molecule has 0 bridgehead atoms. The van der Waals surface area contributed by atoms with Crippen molar-refractivity contribution in [2.45, 2.75) is 101 Å². The minimum Gasteiger partial charge on any atom is -0.497 e. The van der Waals surface area contributed by atoms with E-state index < -0.39 is 0 Å². The number of aromatic nitrogens is 1. The van der Waals surface area contributed by atoms with E-state index in [1.54, 1.807) is 7.11 Å². The normalized spacial score (nSPS) is 26.9. The maximum absolute atomic E-state index is 12.6. The average molecular weight is 815 g/mol. The molecule has 5 unspecified atom stereocenters. The van der Waals surface area contributed by atoms with Crippen molar-refractivity contribution in [2.75, 3.05) is 65.7 Å². The zero-order valence-corrected chi connectivity index (χ0v) is 36.6. The van der Waals surface area contributed by atoms with E-state index in [1.807, 2.05) is 26.0 Å². The number of rotatable bonds is 7. The van der Waals surface area contributed by atoms with Crippen LogP contribution in [0.25, 0.3) is 10.9 Å². The minimum absolute atomic E-state index is 0.0496. The summed E-state index contributed by atoms with van der Waals surface area (Å²) in [5.41, 5.74) is 7.27. The molecule has 0 radical (unpaired) electrons. The number of H-pyrrole nitrogens is 1. The van der Waals surface area contributed by atoms with Gasteiger partial charge in [0.2, 0.25) is 0 Å². The van der Waals surface area contributed by atoms with Crippen LogP contribution in [0.4, 0.5) is 5.69 Å². The number of thioether (sulfide) groups is 1. The van der Waals surface area contributed by atoms with Crippen LogP contribution < -0.4 is 9.64 Å². The van der Waals surface area contributed by atoms with Crippen LogP contribution in [0.2, 0.25) is 0 Å². The van der Waals surface area contributed by atoms with Crippen molar-refractivity contribution in [3.05, 3.63) is 77.0 Å². The Labute approximate surface area is 348 Å². The highest BCUT2D eigenvalue weighted by Gasteiger charge is 2.65. The summed E-state index contributed by atoms with van der Waals surface area (Å²) in [4.78, 5) is 47.7. The van der Waals surface area contributed by atoms with Crippen LogP contribution >= 0.6 is 11.8 Å². The van der Waals surface area contributed by atoms with Crippen molar-refractivity contribution in [3.63, 3.8) is 0 Å². The summed E-state index contributed by atoms with van der Waals surface area (Å²) >= 11 is 1.45. The van der Waals surface area contributed by atoms with E-state index in [2.05, 4.69) is 83.2 Å². The fourth-order valence-corrected chi connectivity index (χ4v) is 11.0. The second kappa shape index (κ2) is 18.8. The summed E-state index contributed by atoms with van der Waals surface area (Å²) in [5.74, 6) is 0.476. The number of aromatic amines is 1. The van der Waals surface area contributed by atoms with E-state index in [-0.39, 0.29) is 47.0 Å². The van der Waals surface area contributed by atoms with Gasteiger partial charge in [0.15, 0.2) is 0 Å². The van der Waals surface area contributed by atoms with E-state index >= 15 is 0 Å². The highest BCUT2D eigenvalue weighted by molar-refractivity contribution is 8.00. The average Bonchev–Trinajstić information content (AvgIpc) is 3.88. The third kappa shape index (κ3) is 8.29. The molecule has 11 nitrogen and oxygen atoms in total. The van der Waals surface area contributed by atoms with Crippen molar-refractivity contribution in [3.8, 4) is 5.75 Å². The fourth-order valence-electron chi connectivity index (χ4n) is 10.3. The summed E-state index contributed by atoms with van der Waals surface area (Å²) in [6, 6.07) is 13.4. The lowest BCUT2D eigenvalue weighted by molar-refractivity contribution is -0.153. The zero-order chi connectivity index (χ0) is 41.7. The van der Waals surface area contributed by atoms with Gasteiger partial charge in [0.25, 0.3) is 0 Å². The number of fused-ring (bicyclic) bond motifs is 4. The Morgan fingerprint density at radius 1 is 1.02 bits per heavy atom. The molecular weight excluding hydrogens is 753 g/mol. The molecule has 2 fully saturated rings. The standard InChI is InChI=1S/C23H30N2O4S.C21H26N2O3.C2H6/c1-5-15-7-6-8-17(23(27)29-4)22-19(13-25(2)12-15)18-11-16(9-10-20(18)24-22)30-14-21(26)28-3;1-13(24)26-18-12-19-21(8-10-23-9-4-5-15(18)20(21)23)16-7-6-14(25-3)11-17(16)22(19)2;1-2/h7,9-11,17,24H,5-6,8,12-14H2,1-4H3;4-7,11,15,18-20H,8-10,12H2,1-3H3;1-2H3/b15-7-;;/t;15?,18?,19?,20?,21-;/m.0./s1. The number of anilines is 1. The molecule has 6 atom stereocenters. The number of benzene rings is 2. The van der Waals surface area contributed by atoms with Gasteiger partial charge >= 0.3 is 17.9 Å². The number of carbonyl (C=O) groups excluding carboxylic acids is 3. The van der Waals surface area contributed by atoms with Crippen LogP contribution in [-0.4, -0.2) is 112 Å². The number of nitrogens with one attached hydrogen (secondary N) is 1. The van der Waals surface area contributed by atoms with Crippen LogP contribution in [0, 0.1) is 5.92 Å². The minimum atomic E-state index is -0.329. The lowest BCUT2D eigenvalue weighted by Gasteiger charge is -2.52. The first kappa shape index (κ1) is 43.3. The van der Waals surface area contributed by atoms with Gasteiger partial charge in [-0.2, -0.15) is 0 Å². The van der Waals surface area contributed by atoms with E-state index in [0.29, 0.717) is 18.5 Å². The Bertz CT molecular complexity index is 2030. The van der Waals surface area contributed by atoms with E-state index in [4.69, 9.17) is 18.9 Å². The van der Waals surface area contributed by atoms with Crippen molar-refractivity contribution in [1.82, 2.24) is 14.8 Å². The molecule has 0 amide bonds. The Morgan fingerprint density at radius 2 is 1.81 bits per heavy atom. The number of methoxy groups -OCH3 is 3. The van der Waals surface area contributed by atoms with Crippen LogP contribution in [0.1, 0.15) is 82.5 Å². The highest BCUT2D eigenvalue weighted by Crippen LogP contribution is 2.60. The third-order valence-electron chi connectivity index (χ3n) is 12.7. The largest absolute Gasteiger partial charge is 0.497 e. The quantitative estimate of drug-likeness (QED) is 0.110. The Morgan fingerprint density at radius 3 is 2.52 bits per heavy atom. The van der Waals surface area contributed by atoms with Crippen LogP contribution in [0.15, 0.2) is 65.1 Å². The summed E-state index contributed by atoms with van der Waals surface area (Å²) in [5, 5.41) is 1.09. The summed E-state index contributed by atoms with van der Waals surface area (Å²) < 4.78 is 21.2. The van der Waals surface area contributed by atoms with Gasteiger partial charge in [-0.25, -0.2) is 0 Å². The lowest BCUT2D eigenvalue weighted by Crippen LogP contribution is -2.63. The molecule has 1 N–H and O–H groups in total. The van der Waals surface area contributed by atoms with Crippen molar-refractivity contribution in [1.29, 1.82) is 0 Å². The van der Waals surface area contributed by atoms with Crippen molar-refractivity contribution >= 4 is 46.3 Å². The lowest BCUT2D eigenvalue weighted by atomic mass is 9.59. The molecule has 1 aliphatic carbocycles. The summed E-state index contributed by atoms with van der Waals surface area (Å²) in [7, 11) is 8.86. The molecule has 1 saturated carbocycles. The number of carbonyl (C=O) groups is 3. The number of allylic oxidation sites excluding steroid dienone is 1. The van der Waals surface area contributed by atoms with Gasteiger partial charge in [-0.3, -0.25) is 24.2 Å². The van der Waals surface area contributed by atoms with Gasteiger partial charge in [0.1, 0.15) is 11.9 Å². The smallest absolute Gasteiger partial charge is 0.315 e. The molecule has 2 aromatic carbocycles. The van der Waals surface area contributed by atoms with Crippen LogP contribution in [0.5, 0.6) is 5.75 Å². The van der Waals surface area contributed by atoms with Crippen LogP contribution in [0.3, 0.4) is 0 Å². The Kier molecular flexibility index (Phi) is 14.0. The van der Waals surface area contributed by atoms with E-state index in [9.17, 15) is 14.4 Å². The van der Waals surface area contributed by atoms with Crippen molar-refractivity contribution in [2.24, 2.45) is 5.92 Å². The van der Waals surface area contributed by atoms with Crippen molar-refractivity contribution < 1.29 is 33.3 Å². The molecule has 1 saturated heterocycles. The monoisotopic (exact) mass is 814 g/mol. The van der Waals surface area contributed by atoms with Gasteiger partial charge in [0, 0.05) is 96.7 Å². The first-order chi connectivity index (χ1) is 28.0. The molecule has 12 heteroatoms. The zero-order valence-electron chi connectivity index (χ0n) is 35.8. The number of likely N-dealkylation sites (N-methyl/N-ethyl adjacent to an activating group) is 2. The van der Waals surface area contributed by atoms with Crippen LogP contribution in [-0.2, 0) is 40.6 Å². The Hall–Kier alpha value is -4.26. The Balaban J connectivity index is 0.000000189. The predicted octanol–water partition coefficient (Wildman–Crippen LogP) is 7.62. The second-order valence-electron chi connectivity index (χ2n) is 15.8. The number of hydrogen-bond donors (Lipinski definition) is 1. The number of esters is 3. The number of nitrogens with zero attached hydrogens (tertiary/aromatic N) is 3. The fraction of sp³-hybridized carbons (Fsp3) is 0.543. The first-order valence-electron chi connectivity index (χ1n) is 20.8. The van der Waals surface area contributed by atoms with E-state index in [1.165, 1.54) is 49.7 Å². The SMILES string of the molecule is CC.CC/C1=C/CCC(C(=O)OC)c2[nH]c3ccc(SCC(=O)OC)cc3c2CN(C)C1.COc1ccc2c(c1)N(C)C1CC(OC(C)=O)C3C=CCN4CC[C@]21C34. The van der Waals surface area contributed by atoms with Gasteiger partial charge in [-0.1, -0.05) is 50.6 Å². The topological polar surface area (TPSA) is 114 Å². The summed E-state index contributed by atoms with van der Waals surface area (Å²) in [6.45, 7) is 11.4. The predicted molar refractivity (Wildman–Crippen MR) is 231 cm³/mol. The number of hydrogen-bond acceptors (Lipinski definition) is 11. The molecule has 3 aromatic rings. The first-order valence-corrected chi connectivity index (χ1v) is 21.8.